The molecule has 0 bridgehead atoms. The van der Waals surface area contributed by atoms with E-state index in [2.05, 4.69) is 15.4 Å². The van der Waals surface area contributed by atoms with E-state index < -0.39 is 35.9 Å². The highest BCUT2D eigenvalue weighted by Crippen LogP contribution is 2.15. The Hall–Kier alpha value is -1.35. The molecule has 4 N–H and O–H groups in total. The second-order valence-corrected chi connectivity index (χ2v) is 13.1. The lowest BCUT2D eigenvalue weighted by atomic mass is 10.4. The summed E-state index contributed by atoms with van der Waals surface area (Å²) >= 11 is 0. The molecule has 0 fully saturated rings. The van der Waals surface area contributed by atoms with Crippen LogP contribution in [0.3, 0.4) is 0 Å². The molecule has 2 amide bonds. The topological polar surface area (TPSA) is 172 Å². The predicted molar refractivity (Wildman–Crippen MR) is 130 cm³/mol. The van der Waals surface area contributed by atoms with Crippen LogP contribution in [0.15, 0.2) is 0 Å². The summed E-state index contributed by atoms with van der Waals surface area (Å²) in [7, 11) is 4.16. The van der Waals surface area contributed by atoms with Gasteiger partial charge in [-0.2, -0.15) is 0 Å². The van der Waals surface area contributed by atoms with Gasteiger partial charge in [-0.25, -0.2) is 9.59 Å². The van der Waals surface area contributed by atoms with Crippen molar-refractivity contribution in [1.29, 1.82) is 0 Å². The molecular formula is C19H44N2O12Si2. The number of hydrogen-bond acceptors (Lipinski definition) is 12. The first-order valence-electron chi connectivity index (χ1n) is 11.0. The number of ether oxygens (including phenoxy) is 2. The first-order chi connectivity index (χ1) is 16.6. The fourth-order valence-corrected chi connectivity index (χ4v) is 5.98. The zero-order valence-corrected chi connectivity index (χ0v) is 23.9. The minimum atomic E-state index is -2.56. The van der Waals surface area contributed by atoms with Crippen molar-refractivity contribution in [2.45, 2.75) is 38.0 Å². The molecule has 0 aromatic heterocycles. The van der Waals surface area contributed by atoms with Crippen LogP contribution >= 0.6 is 0 Å². The van der Waals surface area contributed by atoms with E-state index in [0.717, 1.165) is 0 Å². The number of aliphatic hydroxyl groups is 2. The highest BCUT2D eigenvalue weighted by molar-refractivity contribution is 6.60. The summed E-state index contributed by atoms with van der Waals surface area (Å²) in [6, 6.07) is 1.21. The van der Waals surface area contributed by atoms with Gasteiger partial charge >= 0.3 is 29.8 Å². The number of aliphatic hydroxyl groups excluding tert-OH is 2. The van der Waals surface area contributed by atoms with E-state index in [1.807, 2.05) is 0 Å². The molecule has 0 aliphatic heterocycles. The smallest absolute Gasteiger partial charge is 0.447 e. The molecule has 0 rings (SSSR count). The number of carbonyl (C=O) groups is 2. The molecule has 0 radical (unpaired) electrons. The Labute approximate surface area is 210 Å². The van der Waals surface area contributed by atoms with E-state index in [4.69, 9.17) is 41.5 Å². The second kappa shape index (κ2) is 21.9. The van der Waals surface area contributed by atoms with Crippen molar-refractivity contribution in [2.75, 3.05) is 75.6 Å². The molecule has 0 aliphatic rings. The molecule has 210 valence electrons. The standard InChI is InChI=1S/C10H23NO6Si.C9H21NO6Si/c1-9(12)8-17-10(13)11-6-5-7-18(14-2,15-3)16-4;1-13-17(14-2,15-3)8-4-5-10-9(12)16-7-6-11/h9,12H,5-8H2,1-4H3,(H,11,13);11H,4-8H2,1-3H3,(H,10,12). The predicted octanol–water partition coefficient (Wildman–Crippen LogP) is 0.335. The third kappa shape index (κ3) is 17.7. The zero-order chi connectivity index (χ0) is 27.2. The van der Waals surface area contributed by atoms with Crippen LogP contribution < -0.4 is 10.6 Å². The van der Waals surface area contributed by atoms with Crippen molar-refractivity contribution in [3.05, 3.63) is 0 Å². The van der Waals surface area contributed by atoms with Crippen molar-refractivity contribution in [3.8, 4) is 0 Å². The van der Waals surface area contributed by atoms with Gasteiger partial charge in [0.05, 0.1) is 12.7 Å². The maximum absolute atomic E-state index is 11.2. The Bertz CT molecular complexity index is 521. The number of rotatable bonds is 18. The molecular weight excluding hydrogens is 504 g/mol. The Morgan fingerprint density at radius 1 is 0.743 bits per heavy atom. The maximum atomic E-state index is 11.2. The van der Waals surface area contributed by atoms with Gasteiger partial charge < -0.3 is 56.9 Å². The van der Waals surface area contributed by atoms with Gasteiger partial charge in [-0.05, 0) is 19.8 Å². The van der Waals surface area contributed by atoms with Gasteiger partial charge in [0.15, 0.2) is 0 Å². The molecule has 1 atom stereocenters. The quantitative estimate of drug-likeness (QED) is 0.137. The monoisotopic (exact) mass is 548 g/mol. The molecule has 0 aliphatic carbocycles. The highest BCUT2D eigenvalue weighted by atomic mass is 28.4. The summed E-state index contributed by atoms with van der Waals surface area (Å²) in [5, 5.41) is 22.5. The molecule has 14 nitrogen and oxygen atoms in total. The summed E-state index contributed by atoms with van der Waals surface area (Å²) < 4.78 is 40.7. The van der Waals surface area contributed by atoms with Gasteiger partial charge in [0.2, 0.25) is 0 Å². The molecule has 16 heteroatoms. The average molecular weight is 549 g/mol. The first kappa shape index (κ1) is 35.8. The summed E-state index contributed by atoms with van der Waals surface area (Å²) in [5.74, 6) is 0. The van der Waals surface area contributed by atoms with Crippen LogP contribution in [0.4, 0.5) is 9.59 Å². The fourth-order valence-electron chi connectivity index (χ4n) is 2.54. The lowest BCUT2D eigenvalue weighted by Crippen LogP contribution is -2.43. The SMILES string of the molecule is CO[Si](CCCNC(=O)OCC(C)O)(OC)OC.CO[Si](CCCNC(=O)OCCO)(OC)OC. The number of nitrogens with one attached hydrogen (secondary N) is 2. The van der Waals surface area contributed by atoms with Crippen LogP contribution in [0.2, 0.25) is 12.1 Å². The van der Waals surface area contributed by atoms with E-state index in [1.54, 1.807) is 49.6 Å². The van der Waals surface area contributed by atoms with Gasteiger partial charge in [-0.15, -0.1) is 0 Å². The van der Waals surface area contributed by atoms with E-state index in [-0.39, 0.29) is 19.8 Å². The van der Waals surface area contributed by atoms with Crippen LogP contribution in [-0.4, -0.2) is 122 Å². The van der Waals surface area contributed by atoms with E-state index in [0.29, 0.717) is 38.0 Å². The maximum Gasteiger partial charge on any atom is 0.500 e. The molecule has 1 unspecified atom stereocenters. The van der Waals surface area contributed by atoms with Crippen molar-refractivity contribution in [2.24, 2.45) is 0 Å². The molecule has 0 saturated carbocycles. The molecule has 0 aromatic rings. The van der Waals surface area contributed by atoms with Crippen LogP contribution in [0, 0.1) is 0 Å². The highest BCUT2D eigenvalue weighted by Gasteiger charge is 2.37. The molecule has 0 aromatic carbocycles. The third-order valence-electron chi connectivity index (χ3n) is 4.50. The van der Waals surface area contributed by atoms with Crippen LogP contribution in [-0.2, 0) is 36.0 Å². The molecule has 0 saturated heterocycles. The van der Waals surface area contributed by atoms with Gasteiger partial charge in [0.25, 0.3) is 0 Å². The summed E-state index contributed by atoms with van der Waals surface area (Å²) in [6.45, 7) is 2.22. The second-order valence-electron chi connectivity index (χ2n) is 6.96. The van der Waals surface area contributed by atoms with Crippen LogP contribution in [0.1, 0.15) is 19.8 Å². The summed E-state index contributed by atoms with van der Waals surface area (Å²) in [4.78, 5) is 22.2. The van der Waals surface area contributed by atoms with Crippen molar-refractivity contribution < 1.29 is 55.8 Å². The first-order valence-corrected chi connectivity index (χ1v) is 14.9. The van der Waals surface area contributed by atoms with E-state index >= 15 is 0 Å². The van der Waals surface area contributed by atoms with Gasteiger partial charge in [0, 0.05) is 67.8 Å². The van der Waals surface area contributed by atoms with Crippen molar-refractivity contribution in [1.82, 2.24) is 10.6 Å². The van der Waals surface area contributed by atoms with Crippen molar-refractivity contribution >= 4 is 29.8 Å². The number of carbonyl (C=O) groups excluding carboxylic acids is 2. The lowest BCUT2D eigenvalue weighted by molar-refractivity contribution is 0.0779. The Balaban J connectivity index is 0. The molecule has 0 spiro atoms. The molecule has 0 heterocycles. The Kier molecular flexibility index (Phi) is 22.4. The van der Waals surface area contributed by atoms with E-state index in [9.17, 15) is 9.59 Å². The van der Waals surface area contributed by atoms with Gasteiger partial charge in [-0.3, -0.25) is 0 Å². The number of alkyl carbamates (subject to hydrolysis) is 2. The lowest BCUT2D eigenvalue weighted by Gasteiger charge is -2.24. The van der Waals surface area contributed by atoms with Crippen LogP contribution in [0.5, 0.6) is 0 Å². The number of hydrogen-bond donors (Lipinski definition) is 4. The van der Waals surface area contributed by atoms with Gasteiger partial charge in [-0.1, -0.05) is 0 Å². The third-order valence-corrected chi connectivity index (χ3v) is 10.2. The Morgan fingerprint density at radius 3 is 1.43 bits per heavy atom. The summed E-state index contributed by atoms with van der Waals surface area (Å²) in [6.07, 6.45) is -0.429. The average Bonchev–Trinajstić information content (AvgIpc) is 2.87. The van der Waals surface area contributed by atoms with Gasteiger partial charge in [0.1, 0.15) is 13.2 Å². The summed E-state index contributed by atoms with van der Waals surface area (Å²) in [5.41, 5.74) is 0. The normalized spacial score (nSPS) is 12.3. The number of amides is 2. The fraction of sp³-hybridized carbons (Fsp3) is 0.895. The zero-order valence-electron chi connectivity index (χ0n) is 21.9. The minimum Gasteiger partial charge on any atom is -0.447 e. The Morgan fingerprint density at radius 2 is 1.11 bits per heavy atom. The van der Waals surface area contributed by atoms with E-state index in [1.165, 1.54) is 0 Å². The van der Waals surface area contributed by atoms with Crippen LogP contribution in [0.25, 0.3) is 0 Å². The largest absolute Gasteiger partial charge is 0.500 e. The van der Waals surface area contributed by atoms with Crippen molar-refractivity contribution in [3.63, 3.8) is 0 Å². The molecule has 35 heavy (non-hydrogen) atoms. The minimum absolute atomic E-state index is 0.00126.